The molecule has 0 aliphatic carbocycles. The molecule has 3 aromatic carbocycles. The Labute approximate surface area is 175 Å². The summed E-state index contributed by atoms with van der Waals surface area (Å²) in [6, 6.07) is 17.2. The summed E-state index contributed by atoms with van der Waals surface area (Å²) in [5, 5.41) is 7.18. The van der Waals surface area contributed by atoms with E-state index < -0.39 is 32.6 Å². The highest BCUT2D eigenvalue weighted by atomic mass is 32.2. The van der Waals surface area contributed by atoms with Gasteiger partial charge in [-0.05, 0) is 42.5 Å². The fourth-order valence-electron chi connectivity index (χ4n) is 2.47. The lowest BCUT2D eigenvalue weighted by Crippen LogP contribution is -2.16. The first-order valence-electron chi connectivity index (χ1n) is 8.67. The Balaban J connectivity index is 1.88. The Hall–Kier alpha value is -3.82. The fraction of sp³-hybridized carbons (Fsp3) is 0.0500. The third kappa shape index (κ3) is 5.62. The van der Waals surface area contributed by atoms with E-state index in [0.717, 1.165) is 18.2 Å². The minimum absolute atomic E-state index is 0.148. The molecule has 0 saturated carbocycles. The SMILES string of the molecule is O=C(N=[N+]=Nc1ccccc1)c1ccccc1NS(=O)(=O)c1cccc(C(F)(F)F)c1. The van der Waals surface area contributed by atoms with E-state index in [1.165, 1.54) is 24.3 Å². The summed E-state index contributed by atoms with van der Waals surface area (Å²) in [7, 11) is -4.41. The second kappa shape index (κ2) is 8.90. The lowest BCUT2D eigenvalue weighted by atomic mass is 10.2. The summed E-state index contributed by atoms with van der Waals surface area (Å²) in [5.41, 5.74) is -0.970. The summed E-state index contributed by atoms with van der Waals surface area (Å²) in [4.78, 5) is 15.2. The molecule has 1 N–H and O–H groups in total. The predicted octanol–water partition coefficient (Wildman–Crippen LogP) is 4.95. The third-order valence-electron chi connectivity index (χ3n) is 3.93. The van der Waals surface area contributed by atoms with Crippen LogP contribution in [0.15, 0.2) is 94.0 Å². The van der Waals surface area contributed by atoms with Crippen molar-refractivity contribution in [3.63, 3.8) is 0 Å². The molecular weight excluding hydrogens is 433 g/mol. The highest BCUT2D eigenvalue weighted by molar-refractivity contribution is 7.92. The van der Waals surface area contributed by atoms with E-state index >= 15 is 0 Å². The first-order chi connectivity index (χ1) is 14.7. The van der Waals surface area contributed by atoms with E-state index in [4.69, 9.17) is 0 Å². The molecule has 3 aromatic rings. The molecule has 0 unspecified atom stereocenters. The topological polar surface area (TPSA) is 102 Å². The van der Waals surface area contributed by atoms with Gasteiger partial charge in [0.15, 0.2) is 10.8 Å². The van der Waals surface area contributed by atoms with Crippen molar-refractivity contribution in [1.82, 2.24) is 4.91 Å². The van der Waals surface area contributed by atoms with E-state index in [9.17, 15) is 26.4 Å². The first-order valence-corrected chi connectivity index (χ1v) is 10.2. The zero-order valence-corrected chi connectivity index (χ0v) is 16.4. The van der Waals surface area contributed by atoms with Gasteiger partial charge < -0.3 is 0 Å². The number of para-hydroxylation sites is 1. The van der Waals surface area contributed by atoms with Crippen LogP contribution in [-0.4, -0.2) is 14.3 Å². The Bertz CT molecular complexity index is 1270. The molecule has 0 aromatic heterocycles. The van der Waals surface area contributed by atoms with E-state index in [0.29, 0.717) is 11.8 Å². The van der Waals surface area contributed by atoms with Crippen LogP contribution in [0.4, 0.5) is 24.5 Å². The molecular formula is C20H14F3N4O3S+. The van der Waals surface area contributed by atoms with Crippen molar-refractivity contribution in [1.29, 1.82) is 0 Å². The minimum atomic E-state index is -4.71. The second-order valence-electron chi connectivity index (χ2n) is 6.11. The van der Waals surface area contributed by atoms with Crippen molar-refractivity contribution in [3.8, 4) is 0 Å². The van der Waals surface area contributed by atoms with Gasteiger partial charge in [-0.1, -0.05) is 36.4 Å². The van der Waals surface area contributed by atoms with E-state index in [1.54, 1.807) is 30.3 Å². The molecule has 0 heterocycles. The summed E-state index contributed by atoms with van der Waals surface area (Å²) >= 11 is 0. The van der Waals surface area contributed by atoms with E-state index in [2.05, 4.69) is 19.9 Å². The predicted molar refractivity (Wildman–Crippen MR) is 106 cm³/mol. The quantitative estimate of drug-likeness (QED) is 0.442. The highest BCUT2D eigenvalue weighted by Crippen LogP contribution is 2.31. The number of rotatable bonds is 5. The Morgan fingerprint density at radius 2 is 1.58 bits per heavy atom. The van der Waals surface area contributed by atoms with Crippen LogP contribution >= 0.6 is 0 Å². The molecule has 11 heteroatoms. The third-order valence-corrected chi connectivity index (χ3v) is 5.29. The Morgan fingerprint density at radius 3 is 2.29 bits per heavy atom. The van der Waals surface area contributed by atoms with Crippen LogP contribution in [0.25, 0.3) is 0 Å². The van der Waals surface area contributed by atoms with Crippen LogP contribution in [0.3, 0.4) is 0 Å². The maximum atomic E-state index is 12.9. The fourth-order valence-corrected chi connectivity index (χ4v) is 3.59. The number of hydrogen-bond acceptors (Lipinski definition) is 4. The Kier molecular flexibility index (Phi) is 6.28. The highest BCUT2D eigenvalue weighted by Gasteiger charge is 2.32. The second-order valence-corrected chi connectivity index (χ2v) is 7.79. The normalized spacial score (nSPS) is 11.3. The number of anilines is 1. The summed E-state index contributed by atoms with van der Waals surface area (Å²) in [6.45, 7) is 0. The number of nitrogens with one attached hydrogen (secondary N) is 1. The van der Waals surface area contributed by atoms with E-state index in [1.807, 2.05) is 0 Å². The lowest BCUT2D eigenvalue weighted by Gasteiger charge is -2.12. The number of carbonyl (C=O) groups is 1. The smallest absolute Gasteiger partial charge is 0.279 e. The number of sulfonamides is 1. The van der Waals surface area contributed by atoms with Crippen LogP contribution in [0.1, 0.15) is 15.9 Å². The molecule has 0 saturated heterocycles. The maximum absolute atomic E-state index is 12.9. The van der Waals surface area contributed by atoms with Crippen molar-refractivity contribution < 1.29 is 26.4 Å². The van der Waals surface area contributed by atoms with Crippen LogP contribution < -0.4 is 9.63 Å². The largest absolute Gasteiger partial charge is 0.416 e. The number of halogens is 3. The number of alkyl halides is 3. The van der Waals surface area contributed by atoms with Gasteiger partial charge in [-0.3, -0.25) is 9.52 Å². The van der Waals surface area contributed by atoms with Gasteiger partial charge in [-0.25, -0.2) is 8.42 Å². The van der Waals surface area contributed by atoms with Gasteiger partial charge in [0.2, 0.25) is 10.0 Å². The van der Waals surface area contributed by atoms with Crippen LogP contribution in [0.2, 0.25) is 0 Å². The molecule has 7 nitrogen and oxygen atoms in total. The monoisotopic (exact) mass is 447 g/mol. The zero-order valence-electron chi connectivity index (χ0n) is 15.6. The number of benzene rings is 3. The molecule has 1 amide bonds. The molecule has 31 heavy (non-hydrogen) atoms. The van der Waals surface area contributed by atoms with Crippen molar-refractivity contribution in [2.24, 2.45) is 10.2 Å². The summed E-state index contributed by atoms with van der Waals surface area (Å²) in [5.74, 6) is -0.887. The number of hydrogen-bond donors (Lipinski definition) is 1. The minimum Gasteiger partial charge on any atom is -0.279 e. The van der Waals surface area contributed by atoms with Gasteiger partial charge >= 0.3 is 12.1 Å². The molecule has 0 aliphatic rings. The lowest BCUT2D eigenvalue weighted by molar-refractivity contribution is -0.137. The molecule has 0 radical (unpaired) electrons. The van der Waals surface area contributed by atoms with Gasteiger partial charge in [-0.15, -0.1) is 0 Å². The summed E-state index contributed by atoms with van der Waals surface area (Å²) in [6.07, 6.45) is -4.71. The molecule has 0 bridgehead atoms. The molecule has 0 fully saturated rings. The standard InChI is InChI=1S/C20H13F3N4O3S/c21-20(22,23)14-7-6-10-16(13-14)31(29,30)26-18-12-5-4-11-17(18)19(28)25-27-24-15-8-2-1-3-9-15/h1-13H/p+1. The van der Waals surface area contributed by atoms with Gasteiger partial charge in [0.25, 0.3) is 10.0 Å². The number of nitrogens with zero attached hydrogens (tertiary/aromatic N) is 3. The van der Waals surface area contributed by atoms with Crippen LogP contribution in [0, 0.1) is 0 Å². The summed E-state index contributed by atoms with van der Waals surface area (Å²) < 4.78 is 66.0. The maximum Gasteiger partial charge on any atom is 0.416 e. The molecule has 158 valence electrons. The Morgan fingerprint density at radius 1 is 0.903 bits per heavy atom. The van der Waals surface area contributed by atoms with Crippen molar-refractivity contribution >= 4 is 27.3 Å². The molecule has 3 rings (SSSR count). The van der Waals surface area contributed by atoms with Gasteiger partial charge in [0.05, 0.1) is 21.7 Å². The van der Waals surface area contributed by atoms with Crippen LogP contribution in [0.5, 0.6) is 0 Å². The van der Waals surface area contributed by atoms with Gasteiger partial charge in [0, 0.05) is 0 Å². The van der Waals surface area contributed by atoms with Crippen LogP contribution in [-0.2, 0) is 16.2 Å². The van der Waals surface area contributed by atoms with Crippen molar-refractivity contribution in [2.75, 3.05) is 4.72 Å². The average Bonchev–Trinajstić information content (AvgIpc) is 2.74. The van der Waals surface area contributed by atoms with Gasteiger partial charge in [-0.2, -0.15) is 13.2 Å². The van der Waals surface area contributed by atoms with Gasteiger partial charge in [0.1, 0.15) is 0 Å². The number of amides is 1. The molecule has 0 spiro atoms. The van der Waals surface area contributed by atoms with Crippen molar-refractivity contribution in [2.45, 2.75) is 11.1 Å². The van der Waals surface area contributed by atoms with Crippen molar-refractivity contribution in [3.05, 3.63) is 90.0 Å². The average molecular weight is 447 g/mol. The van der Waals surface area contributed by atoms with E-state index in [-0.39, 0.29) is 11.3 Å². The first kappa shape index (κ1) is 21.9. The molecule has 0 aliphatic heterocycles. The molecule has 0 atom stereocenters. The zero-order chi connectivity index (χ0) is 22.5. The number of carbonyl (C=O) groups excluding carboxylic acids is 1.